The van der Waals surface area contributed by atoms with E-state index in [4.69, 9.17) is 5.73 Å². The van der Waals surface area contributed by atoms with Crippen LogP contribution in [0.15, 0.2) is 30.3 Å². The van der Waals surface area contributed by atoms with E-state index in [1.54, 1.807) is 6.92 Å². The lowest BCUT2D eigenvalue weighted by molar-refractivity contribution is -0.134. The maximum atomic E-state index is 12.1. The minimum atomic E-state index is -0.390. The topological polar surface area (TPSA) is 49.6 Å². The predicted octanol–water partition coefficient (Wildman–Crippen LogP) is 2.48. The van der Waals surface area contributed by atoms with Crippen LogP contribution in [0.25, 0.3) is 0 Å². The summed E-state index contributed by atoms with van der Waals surface area (Å²) in [6.45, 7) is 9.98. The Labute approximate surface area is 140 Å². The molecular formula is C19H31N3O. The van der Waals surface area contributed by atoms with Crippen molar-refractivity contribution in [1.82, 2.24) is 9.80 Å². The van der Waals surface area contributed by atoms with E-state index in [2.05, 4.69) is 49.1 Å². The average Bonchev–Trinajstić information content (AvgIpc) is 2.54. The average molecular weight is 317 g/mol. The lowest BCUT2D eigenvalue weighted by atomic mass is 9.96. The van der Waals surface area contributed by atoms with Crippen molar-refractivity contribution in [3.05, 3.63) is 35.9 Å². The number of amides is 1. The number of likely N-dealkylation sites (tertiary alicyclic amines) is 1. The van der Waals surface area contributed by atoms with Crippen LogP contribution in [-0.4, -0.2) is 47.4 Å². The van der Waals surface area contributed by atoms with Crippen molar-refractivity contribution in [3.8, 4) is 0 Å². The molecule has 1 saturated heterocycles. The van der Waals surface area contributed by atoms with Crippen molar-refractivity contribution >= 4 is 5.91 Å². The fraction of sp³-hybridized carbons (Fsp3) is 0.632. The number of piperidine rings is 1. The molecular weight excluding hydrogens is 286 g/mol. The number of benzene rings is 1. The number of rotatable bonds is 6. The molecule has 2 unspecified atom stereocenters. The normalized spacial score (nSPS) is 20.1. The van der Waals surface area contributed by atoms with Gasteiger partial charge in [0.1, 0.15) is 0 Å². The Morgan fingerprint density at radius 1 is 1.30 bits per heavy atom. The standard InChI is InChI=1S/C19H31N3O/c1-15(2)22(12-17-8-5-4-6-9-17)14-18-10-7-11-21(13-18)19(23)16(3)20/h4-6,8-9,15-16,18H,7,10-14,20H2,1-3H3. The number of hydrogen-bond acceptors (Lipinski definition) is 3. The minimum Gasteiger partial charge on any atom is -0.341 e. The third-order valence-electron chi connectivity index (χ3n) is 4.67. The molecule has 1 amide bonds. The SMILES string of the molecule is CC(N)C(=O)N1CCCC(CN(Cc2ccccc2)C(C)C)C1. The Balaban J connectivity index is 1.95. The Bertz CT molecular complexity index is 487. The highest BCUT2D eigenvalue weighted by Gasteiger charge is 2.27. The van der Waals surface area contributed by atoms with Crippen LogP contribution in [0.3, 0.4) is 0 Å². The maximum absolute atomic E-state index is 12.1. The summed E-state index contributed by atoms with van der Waals surface area (Å²) in [6, 6.07) is 10.7. The zero-order valence-electron chi connectivity index (χ0n) is 14.7. The molecule has 1 heterocycles. The van der Waals surface area contributed by atoms with E-state index in [1.807, 2.05) is 4.90 Å². The van der Waals surface area contributed by atoms with E-state index in [0.29, 0.717) is 12.0 Å². The van der Waals surface area contributed by atoms with Gasteiger partial charge in [-0.1, -0.05) is 30.3 Å². The van der Waals surface area contributed by atoms with E-state index < -0.39 is 0 Å². The molecule has 2 atom stereocenters. The number of carbonyl (C=O) groups is 1. The Hall–Kier alpha value is -1.39. The first-order chi connectivity index (χ1) is 11.0. The monoisotopic (exact) mass is 317 g/mol. The molecule has 0 radical (unpaired) electrons. The first kappa shape index (κ1) is 18.0. The highest BCUT2D eigenvalue weighted by molar-refractivity contribution is 5.81. The van der Waals surface area contributed by atoms with Crippen LogP contribution < -0.4 is 5.73 Å². The Kier molecular flexibility index (Phi) is 6.60. The van der Waals surface area contributed by atoms with Crippen LogP contribution in [-0.2, 0) is 11.3 Å². The number of hydrogen-bond donors (Lipinski definition) is 1. The van der Waals surface area contributed by atoms with Gasteiger partial charge < -0.3 is 10.6 Å². The molecule has 4 nitrogen and oxygen atoms in total. The zero-order valence-corrected chi connectivity index (χ0v) is 14.7. The number of carbonyl (C=O) groups excluding carboxylic acids is 1. The second kappa shape index (κ2) is 8.46. The number of nitrogens with two attached hydrogens (primary N) is 1. The summed E-state index contributed by atoms with van der Waals surface area (Å²) < 4.78 is 0. The van der Waals surface area contributed by atoms with Crippen LogP contribution in [0, 0.1) is 5.92 Å². The van der Waals surface area contributed by atoms with Gasteiger partial charge in [-0.15, -0.1) is 0 Å². The Morgan fingerprint density at radius 3 is 2.61 bits per heavy atom. The minimum absolute atomic E-state index is 0.0915. The van der Waals surface area contributed by atoms with Gasteiger partial charge in [0.15, 0.2) is 0 Å². The lowest BCUT2D eigenvalue weighted by Gasteiger charge is -2.37. The van der Waals surface area contributed by atoms with Crippen molar-refractivity contribution < 1.29 is 4.79 Å². The van der Waals surface area contributed by atoms with Gasteiger partial charge >= 0.3 is 0 Å². The molecule has 2 rings (SSSR count). The molecule has 128 valence electrons. The van der Waals surface area contributed by atoms with Crippen molar-refractivity contribution in [2.45, 2.75) is 52.2 Å². The van der Waals surface area contributed by atoms with Gasteiger partial charge in [-0.3, -0.25) is 9.69 Å². The summed E-state index contributed by atoms with van der Waals surface area (Å²) in [5, 5.41) is 0. The summed E-state index contributed by atoms with van der Waals surface area (Å²) in [6.07, 6.45) is 2.28. The molecule has 4 heteroatoms. The van der Waals surface area contributed by atoms with Crippen molar-refractivity contribution in [3.63, 3.8) is 0 Å². The van der Waals surface area contributed by atoms with Crippen LogP contribution in [0.2, 0.25) is 0 Å². The predicted molar refractivity (Wildman–Crippen MR) is 94.9 cm³/mol. The summed E-state index contributed by atoms with van der Waals surface area (Å²) in [5.41, 5.74) is 7.11. The van der Waals surface area contributed by atoms with Crippen molar-refractivity contribution in [2.75, 3.05) is 19.6 Å². The zero-order chi connectivity index (χ0) is 16.8. The van der Waals surface area contributed by atoms with Gasteiger partial charge in [-0.25, -0.2) is 0 Å². The van der Waals surface area contributed by atoms with Gasteiger partial charge in [0.2, 0.25) is 5.91 Å². The van der Waals surface area contributed by atoms with Crippen molar-refractivity contribution in [2.24, 2.45) is 11.7 Å². The van der Waals surface area contributed by atoms with E-state index in [0.717, 1.165) is 32.6 Å². The number of nitrogens with zero attached hydrogens (tertiary/aromatic N) is 2. The van der Waals surface area contributed by atoms with E-state index in [9.17, 15) is 4.79 Å². The molecule has 1 aromatic carbocycles. The molecule has 2 N–H and O–H groups in total. The highest BCUT2D eigenvalue weighted by Crippen LogP contribution is 2.20. The highest BCUT2D eigenvalue weighted by atomic mass is 16.2. The van der Waals surface area contributed by atoms with Crippen LogP contribution in [0.5, 0.6) is 0 Å². The molecule has 1 aliphatic rings. The van der Waals surface area contributed by atoms with E-state index in [-0.39, 0.29) is 11.9 Å². The van der Waals surface area contributed by atoms with Gasteiger partial charge in [0.25, 0.3) is 0 Å². The largest absolute Gasteiger partial charge is 0.341 e. The fourth-order valence-corrected chi connectivity index (χ4v) is 3.31. The van der Waals surface area contributed by atoms with Crippen LogP contribution in [0.1, 0.15) is 39.2 Å². The van der Waals surface area contributed by atoms with E-state index >= 15 is 0 Å². The van der Waals surface area contributed by atoms with Crippen LogP contribution >= 0.6 is 0 Å². The summed E-state index contributed by atoms with van der Waals surface area (Å²) in [4.78, 5) is 16.6. The summed E-state index contributed by atoms with van der Waals surface area (Å²) >= 11 is 0. The molecule has 1 fully saturated rings. The fourth-order valence-electron chi connectivity index (χ4n) is 3.31. The van der Waals surface area contributed by atoms with Gasteiger partial charge in [-0.2, -0.15) is 0 Å². The molecule has 0 saturated carbocycles. The summed E-state index contributed by atoms with van der Waals surface area (Å²) in [5.74, 6) is 0.631. The first-order valence-corrected chi connectivity index (χ1v) is 8.79. The van der Waals surface area contributed by atoms with Crippen LogP contribution in [0.4, 0.5) is 0 Å². The summed E-state index contributed by atoms with van der Waals surface area (Å²) in [7, 11) is 0. The molecule has 0 aliphatic carbocycles. The molecule has 1 aromatic rings. The van der Waals surface area contributed by atoms with Gasteiger partial charge in [-0.05, 0) is 45.1 Å². The smallest absolute Gasteiger partial charge is 0.239 e. The van der Waals surface area contributed by atoms with Gasteiger partial charge in [0.05, 0.1) is 6.04 Å². The first-order valence-electron chi connectivity index (χ1n) is 8.79. The third-order valence-corrected chi connectivity index (χ3v) is 4.67. The van der Waals surface area contributed by atoms with Gasteiger partial charge in [0, 0.05) is 32.2 Å². The van der Waals surface area contributed by atoms with E-state index in [1.165, 1.54) is 12.0 Å². The maximum Gasteiger partial charge on any atom is 0.239 e. The lowest BCUT2D eigenvalue weighted by Crippen LogP contribution is -2.49. The molecule has 23 heavy (non-hydrogen) atoms. The molecule has 0 aromatic heterocycles. The molecule has 1 aliphatic heterocycles. The third kappa shape index (κ3) is 5.33. The quantitative estimate of drug-likeness (QED) is 0.877. The second-order valence-electron chi connectivity index (χ2n) is 7.09. The second-order valence-corrected chi connectivity index (χ2v) is 7.09. The molecule has 0 bridgehead atoms. The Morgan fingerprint density at radius 2 is 2.00 bits per heavy atom. The molecule has 0 spiro atoms. The van der Waals surface area contributed by atoms with Crippen molar-refractivity contribution in [1.29, 1.82) is 0 Å².